The van der Waals surface area contributed by atoms with Crippen LogP contribution in [0.25, 0.3) is 10.4 Å². The second-order valence-corrected chi connectivity index (χ2v) is 5.02. The number of nitrogens with zero attached hydrogens (tertiary/aromatic N) is 2. The van der Waals surface area contributed by atoms with E-state index in [0.717, 1.165) is 15.5 Å². The van der Waals surface area contributed by atoms with Crippen LogP contribution in [-0.2, 0) is 0 Å². The summed E-state index contributed by atoms with van der Waals surface area (Å²) in [5.41, 5.74) is 1.58. The molecule has 0 saturated carbocycles. The fraction of sp³-hybridized carbons (Fsp3) is 0.0909. The van der Waals surface area contributed by atoms with E-state index in [4.69, 9.17) is 16.9 Å². The molecule has 0 radical (unpaired) electrons. The molecular formula is C11H7ClN2S2. The predicted octanol–water partition coefficient (Wildman–Crippen LogP) is 4.06. The Kier molecular flexibility index (Phi) is 3.49. The van der Waals surface area contributed by atoms with Crippen LogP contribution in [-0.4, -0.2) is 10.6 Å². The summed E-state index contributed by atoms with van der Waals surface area (Å²) in [4.78, 5) is 0.884. The fourth-order valence-electron chi connectivity index (χ4n) is 1.34. The minimum Gasteiger partial charge on any atom is -0.192 e. The topological polar surface area (TPSA) is 36.7 Å². The minimum absolute atomic E-state index is 0.639. The zero-order chi connectivity index (χ0) is 11.5. The first-order chi connectivity index (χ1) is 7.76. The highest BCUT2D eigenvalue weighted by atomic mass is 35.5. The molecule has 2 rings (SSSR count). The molecule has 0 aliphatic carbocycles. The van der Waals surface area contributed by atoms with Gasteiger partial charge in [0.1, 0.15) is 16.7 Å². The number of halogens is 1. The van der Waals surface area contributed by atoms with E-state index >= 15 is 0 Å². The molecule has 0 amide bonds. The smallest absolute Gasteiger partial charge is 0.128 e. The maximum absolute atomic E-state index is 9.12. The predicted molar refractivity (Wildman–Crippen MR) is 69.1 cm³/mol. The summed E-state index contributed by atoms with van der Waals surface area (Å²) in [6.45, 7) is 0. The fourth-order valence-corrected chi connectivity index (χ4v) is 3.09. The van der Waals surface area contributed by atoms with Crippen LogP contribution < -0.4 is 0 Å². The van der Waals surface area contributed by atoms with Gasteiger partial charge in [0.2, 0.25) is 0 Å². The van der Waals surface area contributed by atoms with Gasteiger partial charge in [0.05, 0.1) is 4.88 Å². The Balaban J connectivity index is 2.57. The summed E-state index contributed by atoms with van der Waals surface area (Å²) < 4.78 is 4.25. The SMILES string of the molecule is CSc1nsc(-c2cccc(Cl)c2)c1C#N. The number of benzene rings is 1. The van der Waals surface area contributed by atoms with Crippen LogP contribution in [0.1, 0.15) is 5.56 Å². The molecule has 0 aliphatic rings. The van der Waals surface area contributed by atoms with Gasteiger partial charge < -0.3 is 0 Å². The van der Waals surface area contributed by atoms with Gasteiger partial charge in [-0.3, -0.25) is 0 Å². The number of hydrogen-bond donors (Lipinski definition) is 0. The highest BCUT2D eigenvalue weighted by molar-refractivity contribution is 7.98. The van der Waals surface area contributed by atoms with E-state index in [-0.39, 0.29) is 0 Å². The first kappa shape index (κ1) is 11.5. The van der Waals surface area contributed by atoms with Crippen molar-refractivity contribution in [1.82, 2.24) is 4.37 Å². The lowest BCUT2D eigenvalue weighted by Crippen LogP contribution is -1.79. The molecule has 80 valence electrons. The Morgan fingerprint density at radius 2 is 2.31 bits per heavy atom. The number of hydrogen-bond acceptors (Lipinski definition) is 4. The second-order valence-electron chi connectivity index (χ2n) is 3.02. The van der Waals surface area contributed by atoms with Crippen molar-refractivity contribution in [1.29, 1.82) is 5.26 Å². The van der Waals surface area contributed by atoms with E-state index in [9.17, 15) is 0 Å². The third kappa shape index (κ3) is 2.07. The van der Waals surface area contributed by atoms with Crippen molar-refractivity contribution in [2.75, 3.05) is 6.26 Å². The second kappa shape index (κ2) is 4.88. The molecule has 1 aromatic heterocycles. The van der Waals surface area contributed by atoms with E-state index in [2.05, 4.69) is 10.4 Å². The first-order valence-electron chi connectivity index (χ1n) is 4.46. The summed E-state index contributed by atoms with van der Waals surface area (Å²) in [6.07, 6.45) is 1.91. The lowest BCUT2D eigenvalue weighted by molar-refractivity contribution is 1.26. The molecule has 2 aromatic rings. The Morgan fingerprint density at radius 1 is 1.50 bits per heavy atom. The lowest BCUT2D eigenvalue weighted by Gasteiger charge is -1.98. The highest BCUT2D eigenvalue weighted by Crippen LogP contribution is 2.34. The van der Waals surface area contributed by atoms with Crippen molar-refractivity contribution in [2.45, 2.75) is 5.03 Å². The molecule has 1 heterocycles. The molecule has 2 nitrogen and oxygen atoms in total. The first-order valence-corrected chi connectivity index (χ1v) is 6.83. The van der Waals surface area contributed by atoms with Gasteiger partial charge in [0, 0.05) is 5.02 Å². The van der Waals surface area contributed by atoms with E-state index in [1.807, 2.05) is 30.5 Å². The third-order valence-electron chi connectivity index (χ3n) is 2.05. The maximum atomic E-state index is 9.12. The summed E-state index contributed by atoms with van der Waals surface area (Å²) >= 11 is 8.75. The van der Waals surface area contributed by atoms with Crippen LogP contribution in [0.5, 0.6) is 0 Å². The Morgan fingerprint density at radius 3 is 2.94 bits per heavy atom. The maximum Gasteiger partial charge on any atom is 0.128 e. The van der Waals surface area contributed by atoms with Crippen molar-refractivity contribution < 1.29 is 0 Å². The molecule has 0 aliphatic heterocycles. The zero-order valence-corrected chi connectivity index (χ0v) is 10.8. The van der Waals surface area contributed by atoms with Crippen molar-refractivity contribution >= 4 is 34.9 Å². The van der Waals surface area contributed by atoms with Crippen molar-refractivity contribution in [3.8, 4) is 16.5 Å². The summed E-state index contributed by atoms with van der Waals surface area (Å²) in [5.74, 6) is 0. The molecule has 0 N–H and O–H groups in total. The largest absolute Gasteiger partial charge is 0.192 e. The average Bonchev–Trinajstić information content (AvgIpc) is 2.71. The van der Waals surface area contributed by atoms with Crippen molar-refractivity contribution in [3.63, 3.8) is 0 Å². The number of nitriles is 1. The number of rotatable bonds is 2. The number of thioether (sulfide) groups is 1. The van der Waals surface area contributed by atoms with Crippen LogP contribution in [0.3, 0.4) is 0 Å². The number of aromatic nitrogens is 1. The van der Waals surface area contributed by atoms with E-state index in [1.54, 1.807) is 0 Å². The van der Waals surface area contributed by atoms with Crippen LogP contribution in [0, 0.1) is 11.3 Å². The molecule has 5 heteroatoms. The van der Waals surface area contributed by atoms with E-state index in [0.29, 0.717) is 10.6 Å². The van der Waals surface area contributed by atoms with E-state index in [1.165, 1.54) is 23.3 Å². The molecule has 0 atom stereocenters. The van der Waals surface area contributed by atoms with Crippen LogP contribution in [0.15, 0.2) is 29.3 Å². The molecule has 0 saturated heterocycles. The minimum atomic E-state index is 0.639. The molecule has 0 unspecified atom stereocenters. The molecule has 1 aromatic carbocycles. The van der Waals surface area contributed by atoms with E-state index < -0.39 is 0 Å². The molecular weight excluding hydrogens is 260 g/mol. The lowest BCUT2D eigenvalue weighted by atomic mass is 10.1. The summed E-state index contributed by atoms with van der Waals surface area (Å²) in [6, 6.07) is 9.66. The molecule has 16 heavy (non-hydrogen) atoms. The third-order valence-corrected chi connectivity index (χ3v) is 3.98. The standard InChI is InChI=1S/C11H7ClN2S2/c1-15-11-9(6-13)10(16-14-11)7-3-2-4-8(12)5-7/h2-5H,1H3. The Labute approximate surface area is 107 Å². The molecule has 0 spiro atoms. The summed E-state index contributed by atoms with van der Waals surface area (Å²) in [7, 11) is 0. The van der Waals surface area contributed by atoms with Gasteiger partial charge in [-0.1, -0.05) is 23.7 Å². The molecule has 0 bridgehead atoms. The highest BCUT2D eigenvalue weighted by Gasteiger charge is 2.14. The van der Waals surface area contributed by atoms with Gasteiger partial charge in [0.25, 0.3) is 0 Å². The van der Waals surface area contributed by atoms with Gasteiger partial charge in [-0.25, -0.2) is 0 Å². The zero-order valence-electron chi connectivity index (χ0n) is 8.40. The quantitative estimate of drug-likeness (QED) is 0.769. The Bertz CT molecular complexity index is 557. The van der Waals surface area contributed by atoms with Crippen LogP contribution in [0.4, 0.5) is 0 Å². The Hall–Kier alpha value is -1.02. The van der Waals surface area contributed by atoms with Gasteiger partial charge in [-0.2, -0.15) is 9.64 Å². The molecule has 0 fully saturated rings. The van der Waals surface area contributed by atoms with Crippen LogP contribution in [0.2, 0.25) is 5.02 Å². The van der Waals surface area contributed by atoms with Gasteiger partial charge in [-0.05, 0) is 35.5 Å². The van der Waals surface area contributed by atoms with Crippen molar-refractivity contribution in [2.24, 2.45) is 0 Å². The van der Waals surface area contributed by atoms with Gasteiger partial charge in [0.15, 0.2) is 0 Å². The monoisotopic (exact) mass is 266 g/mol. The summed E-state index contributed by atoms with van der Waals surface area (Å²) in [5, 5.41) is 10.6. The van der Waals surface area contributed by atoms with Gasteiger partial charge in [-0.15, -0.1) is 11.8 Å². The van der Waals surface area contributed by atoms with Crippen molar-refractivity contribution in [3.05, 3.63) is 34.9 Å². The van der Waals surface area contributed by atoms with Gasteiger partial charge >= 0.3 is 0 Å². The average molecular weight is 267 g/mol. The normalized spacial score (nSPS) is 10.1. The van der Waals surface area contributed by atoms with Crippen LogP contribution >= 0.6 is 34.9 Å².